The molecule has 90 valence electrons. The van der Waals surface area contributed by atoms with Gasteiger partial charge < -0.3 is 10.4 Å². The van der Waals surface area contributed by atoms with Crippen molar-refractivity contribution in [3.05, 3.63) is 29.0 Å². The number of carboxylic acid groups (broad SMARTS) is 1. The Morgan fingerprint density at radius 2 is 2.12 bits per heavy atom. The standard InChI is InChI=1S/C11H11ClN2O3/c12-8-4-1-3-7(13-8)9(15)14-11(10(16)17)5-2-6-11/h1,3-4H,2,5-6H2,(H,14,15)(H,16,17). The minimum atomic E-state index is -1.12. The third-order valence-electron chi connectivity index (χ3n) is 2.92. The van der Waals surface area contributed by atoms with Gasteiger partial charge in [-0.15, -0.1) is 0 Å². The molecule has 0 atom stereocenters. The van der Waals surface area contributed by atoms with Gasteiger partial charge in [-0.05, 0) is 31.4 Å². The molecule has 0 aliphatic heterocycles. The van der Waals surface area contributed by atoms with Crippen molar-refractivity contribution in [2.45, 2.75) is 24.8 Å². The smallest absolute Gasteiger partial charge is 0.329 e. The van der Waals surface area contributed by atoms with Crippen LogP contribution in [0.5, 0.6) is 0 Å². The van der Waals surface area contributed by atoms with E-state index in [2.05, 4.69) is 10.3 Å². The highest BCUT2D eigenvalue weighted by Crippen LogP contribution is 2.32. The Morgan fingerprint density at radius 1 is 1.41 bits per heavy atom. The highest BCUT2D eigenvalue weighted by molar-refractivity contribution is 6.29. The lowest BCUT2D eigenvalue weighted by molar-refractivity contribution is -0.148. The summed E-state index contributed by atoms with van der Waals surface area (Å²) in [7, 11) is 0. The first-order valence-electron chi connectivity index (χ1n) is 5.22. The molecule has 0 radical (unpaired) electrons. The number of nitrogens with zero attached hydrogens (tertiary/aromatic N) is 1. The van der Waals surface area contributed by atoms with E-state index in [0.29, 0.717) is 12.8 Å². The molecule has 2 rings (SSSR count). The lowest BCUT2D eigenvalue weighted by Gasteiger charge is -2.38. The Kier molecular flexibility index (Phi) is 3.02. The predicted molar refractivity (Wildman–Crippen MR) is 60.9 cm³/mol. The van der Waals surface area contributed by atoms with Gasteiger partial charge in [0, 0.05) is 0 Å². The fourth-order valence-corrected chi connectivity index (χ4v) is 1.90. The molecule has 6 heteroatoms. The Bertz CT molecular complexity index is 472. The van der Waals surface area contributed by atoms with E-state index in [1.807, 2.05) is 0 Å². The number of aromatic nitrogens is 1. The van der Waals surface area contributed by atoms with E-state index in [4.69, 9.17) is 16.7 Å². The number of rotatable bonds is 3. The van der Waals surface area contributed by atoms with Crippen molar-refractivity contribution in [2.24, 2.45) is 0 Å². The predicted octanol–water partition coefficient (Wildman–Crippen LogP) is 1.47. The molecule has 0 unspecified atom stereocenters. The minimum absolute atomic E-state index is 0.130. The van der Waals surface area contributed by atoms with E-state index in [9.17, 15) is 9.59 Å². The van der Waals surface area contributed by atoms with Gasteiger partial charge in [-0.3, -0.25) is 4.79 Å². The van der Waals surface area contributed by atoms with Crippen molar-refractivity contribution in [3.8, 4) is 0 Å². The summed E-state index contributed by atoms with van der Waals surface area (Å²) >= 11 is 5.66. The zero-order chi connectivity index (χ0) is 12.5. The Hall–Kier alpha value is -1.62. The van der Waals surface area contributed by atoms with Crippen LogP contribution in [0.2, 0.25) is 5.15 Å². The second kappa shape index (κ2) is 4.33. The number of amides is 1. The molecule has 1 heterocycles. The SMILES string of the molecule is O=C(NC1(C(=O)O)CCC1)c1cccc(Cl)n1. The summed E-state index contributed by atoms with van der Waals surface area (Å²) in [6, 6.07) is 4.64. The summed E-state index contributed by atoms with van der Waals surface area (Å²) in [6.07, 6.45) is 1.71. The number of nitrogens with one attached hydrogen (secondary N) is 1. The van der Waals surface area contributed by atoms with Crippen molar-refractivity contribution in [3.63, 3.8) is 0 Å². The fraction of sp³-hybridized carbons (Fsp3) is 0.364. The summed E-state index contributed by atoms with van der Waals surface area (Å²) in [6.45, 7) is 0. The van der Waals surface area contributed by atoms with Crippen molar-refractivity contribution in [1.29, 1.82) is 0 Å². The quantitative estimate of drug-likeness (QED) is 0.801. The van der Waals surface area contributed by atoms with Crippen LogP contribution in [0.3, 0.4) is 0 Å². The summed E-state index contributed by atoms with van der Waals surface area (Å²) in [5, 5.41) is 11.8. The maximum atomic E-state index is 11.8. The van der Waals surface area contributed by atoms with E-state index >= 15 is 0 Å². The maximum Gasteiger partial charge on any atom is 0.329 e. The van der Waals surface area contributed by atoms with Gasteiger partial charge in [0.15, 0.2) is 0 Å². The molecule has 5 nitrogen and oxygen atoms in total. The van der Waals surface area contributed by atoms with Gasteiger partial charge in [-0.1, -0.05) is 17.7 Å². The second-order valence-electron chi connectivity index (χ2n) is 4.04. The molecule has 1 amide bonds. The molecule has 2 N–H and O–H groups in total. The van der Waals surface area contributed by atoms with Gasteiger partial charge in [0.25, 0.3) is 5.91 Å². The van der Waals surface area contributed by atoms with Crippen LogP contribution in [0.15, 0.2) is 18.2 Å². The van der Waals surface area contributed by atoms with Crippen molar-refractivity contribution in [1.82, 2.24) is 10.3 Å². The molecule has 1 saturated carbocycles. The molecule has 1 aliphatic rings. The number of hydrogen-bond acceptors (Lipinski definition) is 3. The zero-order valence-electron chi connectivity index (χ0n) is 8.94. The monoisotopic (exact) mass is 254 g/mol. The first kappa shape index (κ1) is 11.9. The molecule has 17 heavy (non-hydrogen) atoms. The molecule has 1 aromatic rings. The Balaban J connectivity index is 2.14. The molecule has 1 aromatic heterocycles. The molecule has 0 aromatic carbocycles. The second-order valence-corrected chi connectivity index (χ2v) is 4.43. The molecule has 0 saturated heterocycles. The average molecular weight is 255 g/mol. The molecular weight excluding hydrogens is 244 g/mol. The van der Waals surface area contributed by atoms with Gasteiger partial charge in [-0.2, -0.15) is 0 Å². The topological polar surface area (TPSA) is 79.3 Å². The van der Waals surface area contributed by atoms with Crippen LogP contribution in [0, 0.1) is 0 Å². The van der Waals surface area contributed by atoms with Crippen LogP contribution >= 0.6 is 11.6 Å². The lowest BCUT2D eigenvalue weighted by atomic mass is 9.76. The molecule has 1 fully saturated rings. The van der Waals surface area contributed by atoms with E-state index in [1.54, 1.807) is 12.1 Å². The number of pyridine rings is 1. The number of halogens is 1. The molecule has 0 spiro atoms. The van der Waals surface area contributed by atoms with Crippen LogP contribution in [-0.4, -0.2) is 27.5 Å². The van der Waals surface area contributed by atoms with Gasteiger partial charge in [0.2, 0.25) is 0 Å². The highest BCUT2D eigenvalue weighted by Gasteiger charge is 2.45. The van der Waals surface area contributed by atoms with E-state index in [0.717, 1.165) is 6.42 Å². The first-order chi connectivity index (χ1) is 8.03. The Labute approximate surface area is 103 Å². The fourth-order valence-electron chi connectivity index (χ4n) is 1.74. The van der Waals surface area contributed by atoms with E-state index in [-0.39, 0.29) is 10.8 Å². The minimum Gasteiger partial charge on any atom is -0.480 e. The lowest BCUT2D eigenvalue weighted by Crippen LogP contribution is -2.59. The highest BCUT2D eigenvalue weighted by atomic mass is 35.5. The number of aliphatic carboxylic acids is 1. The van der Waals surface area contributed by atoms with Gasteiger partial charge in [0.05, 0.1) is 0 Å². The van der Waals surface area contributed by atoms with Crippen LogP contribution < -0.4 is 5.32 Å². The largest absolute Gasteiger partial charge is 0.480 e. The van der Waals surface area contributed by atoms with E-state index in [1.165, 1.54) is 6.07 Å². The van der Waals surface area contributed by atoms with Gasteiger partial charge in [-0.25, -0.2) is 9.78 Å². The number of hydrogen-bond donors (Lipinski definition) is 2. The van der Waals surface area contributed by atoms with Crippen molar-refractivity contribution in [2.75, 3.05) is 0 Å². The zero-order valence-corrected chi connectivity index (χ0v) is 9.70. The summed E-state index contributed by atoms with van der Waals surface area (Å²) in [4.78, 5) is 26.7. The molecule has 1 aliphatic carbocycles. The first-order valence-corrected chi connectivity index (χ1v) is 5.60. The van der Waals surface area contributed by atoms with Crippen LogP contribution in [0.1, 0.15) is 29.8 Å². The van der Waals surface area contributed by atoms with Gasteiger partial charge >= 0.3 is 5.97 Å². The maximum absolute atomic E-state index is 11.8. The normalized spacial score (nSPS) is 17.0. The molecule has 0 bridgehead atoms. The molecular formula is C11H11ClN2O3. The third-order valence-corrected chi connectivity index (χ3v) is 3.13. The van der Waals surface area contributed by atoms with E-state index < -0.39 is 17.4 Å². The number of carboxylic acids is 1. The number of carbonyl (C=O) groups excluding carboxylic acids is 1. The van der Waals surface area contributed by atoms with Crippen molar-refractivity contribution >= 4 is 23.5 Å². The summed E-state index contributed by atoms with van der Waals surface area (Å²) in [5.74, 6) is -1.51. The summed E-state index contributed by atoms with van der Waals surface area (Å²) in [5.41, 5.74) is -0.994. The van der Waals surface area contributed by atoms with Crippen LogP contribution in [0.25, 0.3) is 0 Å². The van der Waals surface area contributed by atoms with Crippen molar-refractivity contribution < 1.29 is 14.7 Å². The van der Waals surface area contributed by atoms with Gasteiger partial charge in [0.1, 0.15) is 16.4 Å². The number of carbonyl (C=O) groups is 2. The van der Waals surface area contributed by atoms with Crippen LogP contribution in [-0.2, 0) is 4.79 Å². The Morgan fingerprint density at radius 3 is 2.59 bits per heavy atom. The summed E-state index contributed by atoms with van der Waals surface area (Å²) < 4.78 is 0. The van der Waals surface area contributed by atoms with Crippen LogP contribution in [0.4, 0.5) is 0 Å². The average Bonchev–Trinajstić information content (AvgIpc) is 2.22. The third kappa shape index (κ3) is 2.24.